The molecule has 1 aromatic heterocycles. The van der Waals surface area contributed by atoms with Gasteiger partial charge in [-0.05, 0) is 32.1 Å². The van der Waals surface area contributed by atoms with E-state index in [0.717, 1.165) is 48.1 Å². The van der Waals surface area contributed by atoms with Gasteiger partial charge in [-0.3, -0.25) is 0 Å². The third-order valence-electron chi connectivity index (χ3n) is 3.40. The molecule has 0 aliphatic carbocycles. The van der Waals surface area contributed by atoms with E-state index < -0.39 is 0 Å². The summed E-state index contributed by atoms with van der Waals surface area (Å²) in [6.45, 7) is 6.36. The van der Waals surface area contributed by atoms with Crippen molar-refractivity contribution in [3.8, 4) is 0 Å². The van der Waals surface area contributed by atoms with Crippen molar-refractivity contribution in [2.45, 2.75) is 33.1 Å². The van der Waals surface area contributed by atoms with Crippen LogP contribution in [0.1, 0.15) is 31.3 Å². The smallest absolute Gasteiger partial charge is 0.132 e. The second kappa shape index (κ2) is 5.80. The van der Waals surface area contributed by atoms with E-state index in [1.54, 1.807) is 0 Å². The number of nitrogens with zero attached hydrogens (tertiary/aromatic N) is 3. The van der Waals surface area contributed by atoms with E-state index in [0.29, 0.717) is 0 Å². The Labute approximate surface area is 112 Å². The number of piperidine rings is 1. The van der Waals surface area contributed by atoms with E-state index in [1.165, 1.54) is 12.8 Å². The van der Waals surface area contributed by atoms with Crippen molar-refractivity contribution in [1.29, 1.82) is 0 Å². The zero-order valence-electron chi connectivity index (χ0n) is 10.6. The highest BCUT2D eigenvalue weighted by Crippen LogP contribution is 2.23. The topological polar surface area (TPSA) is 29.0 Å². The summed E-state index contributed by atoms with van der Waals surface area (Å²) < 4.78 is 0. The minimum absolute atomic E-state index is 0.833. The lowest BCUT2D eigenvalue weighted by Gasteiger charge is -2.32. The summed E-state index contributed by atoms with van der Waals surface area (Å²) in [7, 11) is 0. The number of anilines is 1. The Morgan fingerprint density at radius 3 is 2.65 bits per heavy atom. The fourth-order valence-corrected chi connectivity index (χ4v) is 2.92. The highest BCUT2D eigenvalue weighted by Gasteiger charge is 2.19. The summed E-state index contributed by atoms with van der Waals surface area (Å²) in [6.07, 6.45) is 3.50. The second-order valence-electron chi connectivity index (χ2n) is 4.70. The third-order valence-corrected chi connectivity index (χ3v) is 4.31. The molecule has 1 saturated heterocycles. The lowest BCUT2D eigenvalue weighted by atomic mass is 9.99. The molecule has 4 heteroatoms. The lowest BCUT2D eigenvalue weighted by Crippen LogP contribution is -2.34. The summed E-state index contributed by atoms with van der Waals surface area (Å²) >= 11 is 3.58. The van der Waals surface area contributed by atoms with Gasteiger partial charge in [0.15, 0.2) is 0 Å². The zero-order valence-corrected chi connectivity index (χ0v) is 12.2. The standard InChI is InChI=1S/C13H20BrN3/c1-3-12-8-13(16-10(2)15-12)17-6-4-11(9-14)5-7-17/h8,11H,3-7,9H2,1-2H3. The largest absolute Gasteiger partial charge is 0.356 e. The molecule has 0 unspecified atom stereocenters. The van der Waals surface area contributed by atoms with E-state index >= 15 is 0 Å². The van der Waals surface area contributed by atoms with Gasteiger partial charge in [0.25, 0.3) is 0 Å². The monoisotopic (exact) mass is 297 g/mol. The number of aromatic nitrogens is 2. The second-order valence-corrected chi connectivity index (χ2v) is 5.35. The van der Waals surface area contributed by atoms with E-state index in [1.807, 2.05) is 6.92 Å². The molecular formula is C13H20BrN3. The van der Waals surface area contributed by atoms with E-state index in [9.17, 15) is 0 Å². The molecule has 0 bridgehead atoms. The summed E-state index contributed by atoms with van der Waals surface area (Å²) in [5, 5.41) is 1.13. The Morgan fingerprint density at radius 2 is 2.06 bits per heavy atom. The van der Waals surface area contributed by atoms with Crippen molar-refractivity contribution < 1.29 is 0 Å². The van der Waals surface area contributed by atoms with Gasteiger partial charge in [-0.2, -0.15) is 0 Å². The fourth-order valence-electron chi connectivity index (χ4n) is 2.27. The molecule has 0 N–H and O–H groups in total. The van der Waals surface area contributed by atoms with E-state index in [2.05, 4.69) is 43.8 Å². The van der Waals surface area contributed by atoms with Gasteiger partial charge in [0.2, 0.25) is 0 Å². The van der Waals surface area contributed by atoms with Crippen molar-refractivity contribution in [3.05, 3.63) is 17.6 Å². The number of alkyl halides is 1. The first-order valence-corrected chi connectivity index (χ1v) is 7.50. The molecule has 0 saturated carbocycles. The molecular weight excluding hydrogens is 278 g/mol. The van der Waals surface area contributed by atoms with Crippen LogP contribution in [0, 0.1) is 12.8 Å². The SMILES string of the molecule is CCc1cc(N2CCC(CBr)CC2)nc(C)n1. The van der Waals surface area contributed by atoms with Gasteiger partial charge < -0.3 is 4.90 Å². The molecule has 1 aliphatic rings. The number of halogens is 1. The first-order chi connectivity index (χ1) is 8.22. The van der Waals surface area contributed by atoms with Crippen LogP contribution in [0.2, 0.25) is 0 Å². The fraction of sp³-hybridized carbons (Fsp3) is 0.692. The average molecular weight is 298 g/mol. The molecule has 1 aromatic rings. The van der Waals surface area contributed by atoms with Crippen molar-refractivity contribution in [2.24, 2.45) is 5.92 Å². The molecule has 1 aliphatic heterocycles. The van der Waals surface area contributed by atoms with Crippen LogP contribution in [0.25, 0.3) is 0 Å². The van der Waals surface area contributed by atoms with Gasteiger partial charge >= 0.3 is 0 Å². The Balaban J connectivity index is 2.10. The van der Waals surface area contributed by atoms with Crippen LogP contribution in [0.5, 0.6) is 0 Å². The molecule has 2 heterocycles. The maximum absolute atomic E-state index is 4.56. The summed E-state index contributed by atoms with van der Waals surface area (Å²) in [6, 6.07) is 2.14. The van der Waals surface area contributed by atoms with Crippen LogP contribution < -0.4 is 4.90 Å². The van der Waals surface area contributed by atoms with Crippen LogP contribution >= 0.6 is 15.9 Å². The Kier molecular flexibility index (Phi) is 4.37. The number of hydrogen-bond acceptors (Lipinski definition) is 3. The van der Waals surface area contributed by atoms with Crippen molar-refractivity contribution in [2.75, 3.05) is 23.3 Å². The molecule has 0 radical (unpaired) electrons. The van der Waals surface area contributed by atoms with Crippen LogP contribution in [-0.4, -0.2) is 28.4 Å². The average Bonchev–Trinajstić information content (AvgIpc) is 2.38. The highest BCUT2D eigenvalue weighted by atomic mass is 79.9. The predicted molar refractivity (Wildman–Crippen MR) is 74.9 cm³/mol. The molecule has 1 fully saturated rings. The van der Waals surface area contributed by atoms with Crippen LogP contribution in [0.15, 0.2) is 6.07 Å². The van der Waals surface area contributed by atoms with E-state index in [-0.39, 0.29) is 0 Å². The summed E-state index contributed by atoms with van der Waals surface area (Å²) in [5.41, 5.74) is 1.15. The quantitative estimate of drug-likeness (QED) is 0.803. The normalized spacial score (nSPS) is 17.5. The van der Waals surface area contributed by atoms with E-state index in [4.69, 9.17) is 0 Å². The molecule has 17 heavy (non-hydrogen) atoms. The Hall–Kier alpha value is -0.640. The Morgan fingerprint density at radius 1 is 1.35 bits per heavy atom. The van der Waals surface area contributed by atoms with Gasteiger partial charge in [-0.15, -0.1) is 0 Å². The number of aryl methyl sites for hydroxylation is 2. The molecule has 3 nitrogen and oxygen atoms in total. The minimum Gasteiger partial charge on any atom is -0.356 e. The number of hydrogen-bond donors (Lipinski definition) is 0. The highest BCUT2D eigenvalue weighted by molar-refractivity contribution is 9.09. The van der Waals surface area contributed by atoms with Gasteiger partial charge in [-0.1, -0.05) is 22.9 Å². The molecule has 0 spiro atoms. The maximum Gasteiger partial charge on any atom is 0.132 e. The van der Waals surface area contributed by atoms with Gasteiger partial charge in [0, 0.05) is 30.2 Å². The third kappa shape index (κ3) is 3.18. The van der Waals surface area contributed by atoms with Crippen LogP contribution in [-0.2, 0) is 6.42 Å². The first-order valence-electron chi connectivity index (χ1n) is 6.38. The molecule has 94 valence electrons. The summed E-state index contributed by atoms with van der Waals surface area (Å²) in [4.78, 5) is 11.4. The zero-order chi connectivity index (χ0) is 12.3. The van der Waals surface area contributed by atoms with Gasteiger partial charge in [0.05, 0.1) is 0 Å². The molecule has 0 atom stereocenters. The maximum atomic E-state index is 4.56. The van der Waals surface area contributed by atoms with Crippen molar-refractivity contribution in [1.82, 2.24) is 9.97 Å². The van der Waals surface area contributed by atoms with Gasteiger partial charge in [0.1, 0.15) is 11.6 Å². The molecule has 2 rings (SSSR count). The van der Waals surface area contributed by atoms with Gasteiger partial charge in [-0.25, -0.2) is 9.97 Å². The first kappa shape index (κ1) is 12.8. The van der Waals surface area contributed by atoms with Crippen LogP contribution in [0.4, 0.5) is 5.82 Å². The van der Waals surface area contributed by atoms with Crippen LogP contribution in [0.3, 0.4) is 0 Å². The number of rotatable bonds is 3. The molecule has 0 amide bonds. The van der Waals surface area contributed by atoms with Crippen molar-refractivity contribution in [3.63, 3.8) is 0 Å². The predicted octanol–water partition coefficient (Wildman–Crippen LogP) is 2.96. The minimum atomic E-state index is 0.833. The lowest BCUT2D eigenvalue weighted by molar-refractivity contribution is 0.445. The Bertz CT molecular complexity index is 373. The summed E-state index contributed by atoms with van der Waals surface area (Å²) in [5.74, 6) is 2.84. The van der Waals surface area contributed by atoms with Crippen molar-refractivity contribution >= 4 is 21.7 Å². The molecule has 0 aromatic carbocycles.